The van der Waals surface area contributed by atoms with Gasteiger partial charge in [0.05, 0.1) is 12.0 Å². The Morgan fingerprint density at radius 3 is 2.31 bits per heavy atom. The highest BCUT2D eigenvalue weighted by Gasteiger charge is 2.25. The van der Waals surface area contributed by atoms with Crippen LogP contribution in [0.5, 0.6) is 5.75 Å². The summed E-state index contributed by atoms with van der Waals surface area (Å²) >= 11 is 0. The molecule has 0 aromatic heterocycles. The molecule has 4 nitrogen and oxygen atoms in total. The van der Waals surface area contributed by atoms with Gasteiger partial charge in [-0.1, -0.05) is 32.0 Å². The first-order valence-electron chi connectivity index (χ1n) is 9.08. The Bertz CT molecular complexity index is 871. The standard InChI is InChI=1S/C21H27NO3S/c1-21(2,18-9-11-19(25-3)12-10-18)15-22-26(23,24)20-13-8-16-6-4-5-7-17(16)14-20/h8-14,22H,4-7,15H2,1-3H3. The second-order valence-corrected chi connectivity index (χ2v) is 9.34. The number of hydrogen-bond donors (Lipinski definition) is 1. The molecular formula is C21H27NO3S. The third kappa shape index (κ3) is 4.10. The molecule has 0 radical (unpaired) electrons. The SMILES string of the molecule is COc1ccc(C(C)(C)CNS(=O)(=O)c2ccc3c(c2)CCCC3)cc1. The minimum Gasteiger partial charge on any atom is -0.497 e. The molecular weight excluding hydrogens is 346 g/mol. The summed E-state index contributed by atoms with van der Waals surface area (Å²) in [4.78, 5) is 0.365. The molecule has 0 heterocycles. The maximum absolute atomic E-state index is 12.8. The lowest BCUT2D eigenvalue weighted by Gasteiger charge is -2.26. The zero-order valence-corrected chi connectivity index (χ0v) is 16.5. The van der Waals surface area contributed by atoms with Gasteiger partial charge in [-0.3, -0.25) is 0 Å². The number of benzene rings is 2. The molecule has 3 rings (SSSR count). The van der Waals surface area contributed by atoms with Gasteiger partial charge in [0.15, 0.2) is 0 Å². The van der Waals surface area contributed by atoms with Crippen LogP contribution in [-0.4, -0.2) is 22.1 Å². The van der Waals surface area contributed by atoms with E-state index in [1.54, 1.807) is 13.2 Å². The molecule has 0 saturated heterocycles. The lowest BCUT2D eigenvalue weighted by atomic mass is 9.85. The first-order chi connectivity index (χ1) is 12.3. The van der Waals surface area contributed by atoms with Gasteiger partial charge >= 0.3 is 0 Å². The molecule has 0 aliphatic heterocycles. The highest BCUT2D eigenvalue weighted by molar-refractivity contribution is 7.89. The molecule has 140 valence electrons. The summed E-state index contributed by atoms with van der Waals surface area (Å²) in [6.07, 6.45) is 4.34. The fourth-order valence-corrected chi connectivity index (χ4v) is 4.64. The van der Waals surface area contributed by atoms with E-state index in [0.717, 1.165) is 30.6 Å². The van der Waals surface area contributed by atoms with Crippen LogP contribution in [0.1, 0.15) is 43.4 Å². The van der Waals surface area contributed by atoms with Crippen LogP contribution < -0.4 is 9.46 Å². The summed E-state index contributed by atoms with van der Waals surface area (Å²) in [6, 6.07) is 13.3. The quantitative estimate of drug-likeness (QED) is 0.837. The van der Waals surface area contributed by atoms with E-state index in [2.05, 4.69) is 4.72 Å². The Labute approximate surface area is 156 Å². The van der Waals surface area contributed by atoms with Gasteiger partial charge in [-0.2, -0.15) is 0 Å². The molecule has 1 N–H and O–H groups in total. The smallest absolute Gasteiger partial charge is 0.240 e. The van der Waals surface area contributed by atoms with E-state index in [0.29, 0.717) is 11.4 Å². The number of rotatable bonds is 6. The molecule has 0 saturated carbocycles. The number of fused-ring (bicyclic) bond motifs is 1. The molecule has 0 fully saturated rings. The zero-order valence-electron chi connectivity index (χ0n) is 15.7. The maximum atomic E-state index is 12.8. The van der Waals surface area contributed by atoms with E-state index in [4.69, 9.17) is 4.74 Å². The third-order valence-corrected chi connectivity index (χ3v) is 6.60. The summed E-state index contributed by atoms with van der Waals surface area (Å²) in [5.74, 6) is 0.791. The second kappa shape index (κ2) is 7.41. The minimum atomic E-state index is -3.52. The van der Waals surface area contributed by atoms with Crippen molar-refractivity contribution in [1.82, 2.24) is 4.72 Å². The highest BCUT2D eigenvalue weighted by atomic mass is 32.2. The van der Waals surface area contributed by atoms with Crippen LogP contribution in [-0.2, 0) is 28.3 Å². The predicted molar refractivity (Wildman–Crippen MR) is 104 cm³/mol. The Morgan fingerprint density at radius 2 is 1.65 bits per heavy atom. The lowest BCUT2D eigenvalue weighted by molar-refractivity contribution is 0.414. The van der Waals surface area contributed by atoms with Crippen molar-refractivity contribution >= 4 is 10.0 Å². The Balaban J connectivity index is 1.74. The average molecular weight is 374 g/mol. The molecule has 0 amide bonds. The summed E-state index contributed by atoms with van der Waals surface area (Å²) in [5, 5.41) is 0. The van der Waals surface area contributed by atoms with Gasteiger partial charge in [0.2, 0.25) is 10.0 Å². The molecule has 26 heavy (non-hydrogen) atoms. The van der Waals surface area contributed by atoms with Gasteiger partial charge < -0.3 is 4.74 Å². The van der Waals surface area contributed by atoms with Crippen LogP contribution in [0.15, 0.2) is 47.4 Å². The van der Waals surface area contributed by atoms with Crippen molar-refractivity contribution in [3.63, 3.8) is 0 Å². The van der Waals surface area contributed by atoms with Crippen LogP contribution >= 0.6 is 0 Å². The van der Waals surface area contributed by atoms with Gasteiger partial charge in [-0.25, -0.2) is 13.1 Å². The van der Waals surface area contributed by atoms with E-state index >= 15 is 0 Å². The number of ether oxygens (including phenoxy) is 1. The van der Waals surface area contributed by atoms with Gasteiger partial charge in [0.25, 0.3) is 0 Å². The van der Waals surface area contributed by atoms with Gasteiger partial charge in [-0.15, -0.1) is 0 Å². The summed E-state index contributed by atoms with van der Waals surface area (Å²) in [5.41, 5.74) is 3.20. The van der Waals surface area contributed by atoms with Crippen LogP contribution in [0.2, 0.25) is 0 Å². The minimum absolute atomic E-state index is 0.326. The third-order valence-electron chi connectivity index (χ3n) is 5.21. The highest BCUT2D eigenvalue weighted by Crippen LogP contribution is 2.27. The van der Waals surface area contributed by atoms with E-state index < -0.39 is 10.0 Å². The van der Waals surface area contributed by atoms with Gasteiger partial charge in [0.1, 0.15) is 5.75 Å². The predicted octanol–water partition coefficient (Wildman–Crippen LogP) is 3.83. The average Bonchev–Trinajstić information content (AvgIpc) is 2.66. The fourth-order valence-electron chi connectivity index (χ4n) is 3.38. The first-order valence-corrected chi connectivity index (χ1v) is 10.6. The maximum Gasteiger partial charge on any atom is 0.240 e. The van der Waals surface area contributed by atoms with Crippen molar-refractivity contribution in [2.24, 2.45) is 0 Å². The number of sulfonamides is 1. The molecule has 0 unspecified atom stereocenters. The zero-order chi connectivity index (χ0) is 18.8. The molecule has 1 aliphatic rings. The Morgan fingerprint density at radius 1 is 1.00 bits per heavy atom. The molecule has 2 aromatic carbocycles. The van der Waals surface area contributed by atoms with E-state index in [1.165, 1.54) is 17.5 Å². The first kappa shape index (κ1) is 18.9. The molecule has 1 aliphatic carbocycles. The van der Waals surface area contributed by atoms with Crippen molar-refractivity contribution in [2.75, 3.05) is 13.7 Å². The topological polar surface area (TPSA) is 55.4 Å². The second-order valence-electron chi connectivity index (χ2n) is 7.57. The number of nitrogens with one attached hydrogen (secondary N) is 1. The van der Waals surface area contributed by atoms with E-state index in [9.17, 15) is 8.42 Å². The van der Waals surface area contributed by atoms with Crippen molar-refractivity contribution in [3.05, 3.63) is 59.2 Å². The number of aryl methyl sites for hydroxylation is 2. The molecule has 2 aromatic rings. The van der Waals surface area contributed by atoms with Crippen LogP contribution in [0.4, 0.5) is 0 Å². The molecule has 5 heteroatoms. The van der Waals surface area contributed by atoms with E-state index in [1.807, 2.05) is 50.2 Å². The molecule has 0 spiro atoms. The van der Waals surface area contributed by atoms with Crippen LogP contribution in [0.3, 0.4) is 0 Å². The number of hydrogen-bond acceptors (Lipinski definition) is 3. The van der Waals surface area contributed by atoms with E-state index in [-0.39, 0.29) is 5.41 Å². The lowest BCUT2D eigenvalue weighted by Crippen LogP contribution is -2.36. The van der Waals surface area contributed by atoms with Crippen molar-refractivity contribution in [3.8, 4) is 5.75 Å². The van der Waals surface area contributed by atoms with Crippen LogP contribution in [0, 0.1) is 0 Å². The monoisotopic (exact) mass is 373 g/mol. The Hall–Kier alpha value is -1.85. The number of methoxy groups -OCH3 is 1. The van der Waals surface area contributed by atoms with Gasteiger partial charge in [-0.05, 0) is 66.6 Å². The fraction of sp³-hybridized carbons (Fsp3) is 0.429. The summed E-state index contributed by atoms with van der Waals surface area (Å²) in [7, 11) is -1.89. The van der Waals surface area contributed by atoms with Crippen molar-refractivity contribution in [2.45, 2.75) is 49.8 Å². The van der Waals surface area contributed by atoms with Gasteiger partial charge in [0, 0.05) is 12.0 Å². The molecule has 0 bridgehead atoms. The van der Waals surface area contributed by atoms with Crippen LogP contribution in [0.25, 0.3) is 0 Å². The normalized spacial score (nSPS) is 14.7. The summed E-state index contributed by atoms with van der Waals surface area (Å²) in [6.45, 7) is 4.40. The Kier molecular flexibility index (Phi) is 5.39. The van der Waals surface area contributed by atoms with Crippen molar-refractivity contribution < 1.29 is 13.2 Å². The largest absolute Gasteiger partial charge is 0.497 e. The molecule has 0 atom stereocenters. The summed E-state index contributed by atoms with van der Waals surface area (Å²) < 4.78 is 33.5. The van der Waals surface area contributed by atoms with Crippen molar-refractivity contribution in [1.29, 1.82) is 0 Å².